The Morgan fingerprint density at radius 3 is 2.41 bits per heavy atom. The number of aromatic carboxylic acids is 1. The fourth-order valence-electron chi connectivity index (χ4n) is 2.15. The van der Waals surface area contributed by atoms with E-state index < -0.39 is 33.7 Å². The van der Waals surface area contributed by atoms with Crippen LogP contribution in [0.2, 0.25) is 0 Å². The van der Waals surface area contributed by atoms with Gasteiger partial charge in [0, 0.05) is 12.1 Å². The minimum Gasteiger partial charge on any atom is -0.507 e. The third-order valence-electron chi connectivity index (χ3n) is 3.03. The van der Waals surface area contributed by atoms with Crippen LogP contribution in [0.1, 0.15) is 10.4 Å². The molecule has 0 fully saturated rings. The molecule has 3 rings (SSSR count). The summed E-state index contributed by atoms with van der Waals surface area (Å²) < 4.78 is 45.7. The van der Waals surface area contributed by atoms with Crippen molar-refractivity contribution in [1.29, 1.82) is 0 Å². The summed E-state index contributed by atoms with van der Waals surface area (Å²) >= 11 is 0. The summed E-state index contributed by atoms with van der Waals surface area (Å²) in [6.07, 6.45) is 0. The van der Waals surface area contributed by atoms with Crippen LogP contribution in [-0.2, 0) is 10.9 Å². The van der Waals surface area contributed by atoms with E-state index >= 15 is 0 Å². The fourth-order valence-corrected chi connectivity index (χ4v) is 3.94. The molecule has 1 atom stereocenters. The van der Waals surface area contributed by atoms with E-state index in [0.717, 1.165) is 12.1 Å². The average Bonchev–Trinajstić information content (AvgIpc) is 2.42. The van der Waals surface area contributed by atoms with Crippen molar-refractivity contribution in [3.05, 3.63) is 42.0 Å². The molecular weight excluding hydrogens is 321 g/mol. The van der Waals surface area contributed by atoms with Crippen molar-refractivity contribution in [3.63, 3.8) is 0 Å². The zero-order valence-corrected chi connectivity index (χ0v) is 11.5. The van der Waals surface area contributed by atoms with Crippen LogP contribution in [0.25, 0.3) is 0 Å². The lowest BCUT2D eigenvalue weighted by Crippen LogP contribution is -2.27. The maximum Gasteiger partial charge on any atom is 0.586 e. The molecule has 2 N–H and O–H groups in total. The highest BCUT2D eigenvalue weighted by Gasteiger charge is 2.59. The van der Waals surface area contributed by atoms with Gasteiger partial charge in [-0.3, -0.25) is 0 Å². The van der Waals surface area contributed by atoms with E-state index in [-0.39, 0.29) is 21.3 Å². The van der Waals surface area contributed by atoms with Crippen LogP contribution < -0.4 is 4.74 Å². The predicted octanol–water partition coefficient (Wildman–Crippen LogP) is 3.75. The summed E-state index contributed by atoms with van der Waals surface area (Å²) in [6, 6.07) is 7.40. The second-order valence-corrected chi connectivity index (χ2v) is 6.38. The SMILES string of the molecule is O=C(O)c1cc2c(cc1O)[S+](C(F)(F)F)c1ccccc1O2. The first-order valence-electron chi connectivity index (χ1n) is 5.97. The molecular formula is C14H8F3O4S+. The Labute approximate surface area is 125 Å². The van der Waals surface area contributed by atoms with Gasteiger partial charge in [0.15, 0.2) is 22.4 Å². The van der Waals surface area contributed by atoms with Crippen LogP contribution in [0.15, 0.2) is 46.2 Å². The molecule has 22 heavy (non-hydrogen) atoms. The smallest absolute Gasteiger partial charge is 0.507 e. The largest absolute Gasteiger partial charge is 0.586 e. The number of carboxylic acid groups (broad SMARTS) is 1. The number of hydrogen-bond donors (Lipinski definition) is 2. The Morgan fingerprint density at radius 2 is 1.77 bits per heavy atom. The highest BCUT2D eigenvalue weighted by molar-refractivity contribution is 7.98. The van der Waals surface area contributed by atoms with Crippen molar-refractivity contribution in [3.8, 4) is 17.2 Å². The van der Waals surface area contributed by atoms with Gasteiger partial charge in [0.1, 0.15) is 11.3 Å². The number of para-hydroxylation sites is 1. The lowest BCUT2D eigenvalue weighted by molar-refractivity contribution is -0.0374. The number of hydrogen-bond acceptors (Lipinski definition) is 3. The second kappa shape index (κ2) is 4.84. The quantitative estimate of drug-likeness (QED) is 0.782. The van der Waals surface area contributed by atoms with Crippen LogP contribution in [-0.4, -0.2) is 21.7 Å². The van der Waals surface area contributed by atoms with Crippen molar-refractivity contribution in [2.45, 2.75) is 15.3 Å². The maximum absolute atomic E-state index is 13.4. The fraction of sp³-hybridized carbons (Fsp3) is 0.0714. The number of ether oxygens (including phenoxy) is 1. The summed E-state index contributed by atoms with van der Waals surface area (Å²) in [7, 11) is -2.32. The summed E-state index contributed by atoms with van der Waals surface area (Å²) in [5, 5.41) is 18.6. The predicted molar refractivity (Wildman–Crippen MR) is 71.5 cm³/mol. The molecule has 1 heterocycles. The summed E-state index contributed by atoms with van der Waals surface area (Å²) in [6.45, 7) is 0. The topological polar surface area (TPSA) is 66.8 Å². The number of halogens is 3. The molecule has 0 radical (unpaired) electrons. The van der Waals surface area contributed by atoms with Crippen LogP contribution in [0.4, 0.5) is 13.2 Å². The summed E-state index contributed by atoms with van der Waals surface area (Å²) in [5.74, 6) is -2.36. The molecule has 1 aliphatic rings. The Bertz CT molecular complexity index is 773. The van der Waals surface area contributed by atoms with E-state index in [9.17, 15) is 23.1 Å². The summed E-state index contributed by atoms with van der Waals surface area (Å²) in [4.78, 5) is 10.7. The Kier molecular flexibility index (Phi) is 3.21. The Hall–Kier alpha value is -2.35. The molecule has 0 saturated carbocycles. The van der Waals surface area contributed by atoms with Crippen LogP contribution in [0.3, 0.4) is 0 Å². The third-order valence-corrected chi connectivity index (χ3v) is 5.03. The van der Waals surface area contributed by atoms with E-state index in [1.54, 1.807) is 0 Å². The van der Waals surface area contributed by atoms with Gasteiger partial charge in [-0.2, -0.15) is 0 Å². The third kappa shape index (κ3) is 2.25. The molecule has 0 aliphatic carbocycles. The number of carboxylic acids is 1. The number of carbonyl (C=O) groups is 1. The van der Waals surface area contributed by atoms with E-state index in [4.69, 9.17) is 9.84 Å². The first-order valence-corrected chi connectivity index (χ1v) is 7.20. The van der Waals surface area contributed by atoms with Gasteiger partial charge in [-0.15, -0.1) is 13.2 Å². The minimum atomic E-state index is -4.58. The molecule has 1 unspecified atom stereocenters. The molecule has 0 bridgehead atoms. The lowest BCUT2D eigenvalue weighted by Gasteiger charge is -2.21. The minimum absolute atomic E-state index is 0.0256. The normalized spacial score (nSPS) is 16.4. The molecule has 0 spiro atoms. The molecule has 2 aromatic rings. The number of benzene rings is 2. The van der Waals surface area contributed by atoms with Gasteiger partial charge >= 0.3 is 11.5 Å². The number of rotatable bonds is 1. The zero-order chi connectivity index (χ0) is 16.1. The molecule has 2 aromatic carbocycles. The zero-order valence-electron chi connectivity index (χ0n) is 10.7. The van der Waals surface area contributed by atoms with Crippen molar-refractivity contribution >= 4 is 16.9 Å². The number of fused-ring (bicyclic) bond motifs is 2. The van der Waals surface area contributed by atoms with Crippen LogP contribution in [0, 0.1) is 0 Å². The number of aromatic hydroxyl groups is 1. The van der Waals surface area contributed by atoms with E-state index in [1.165, 1.54) is 24.3 Å². The van der Waals surface area contributed by atoms with Crippen molar-refractivity contribution < 1.29 is 32.9 Å². The Morgan fingerprint density at radius 1 is 1.09 bits per heavy atom. The van der Waals surface area contributed by atoms with Gasteiger partial charge in [-0.25, -0.2) is 4.79 Å². The molecule has 0 amide bonds. The van der Waals surface area contributed by atoms with Gasteiger partial charge in [-0.1, -0.05) is 12.1 Å². The number of alkyl halides is 3. The van der Waals surface area contributed by atoms with Crippen molar-refractivity contribution in [2.75, 3.05) is 0 Å². The standard InChI is InChI=1S/C14H7F3O4S/c15-14(16,17)22-11-4-2-1-3-9(11)21-10-5-7(13(19)20)8(18)6-12(10)22/h1-6H,(H-,18,19,20)/p+1. The van der Waals surface area contributed by atoms with Crippen molar-refractivity contribution in [1.82, 2.24) is 0 Å². The van der Waals surface area contributed by atoms with Crippen molar-refractivity contribution in [2.24, 2.45) is 0 Å². The highest BCUT2D eigenvalue weighted by atomic mass is 32.2. The van der Waals surface area contributed by atoms with Gasteiger partial charge in [0.05, 0.1) is 0 Å². The lowest BCUT2D eigenvalue weighted by atomic mass is 10.2. The second-order valence-electron chi connectivity index (χ2n) is 4.42. The summed E-state index contributed by atoms with van der Waals surface area (Å²) in [5.41, 5.74) is -5.09. The molecule has 0 aromatic heterocycles. The van der Waals surface area contributed by atoms with E-state index in [1.807, 2.05) is 0 Å². The van der Waals surface area contributed by atoms with Gasteiger partial charge in [-0.05, 0) is 12.1 Å². The molecule has 0 saturated heterocycles. The molecule has 114 valence electrons. The van der Waals surface area contributed by atoms with Gasteiger partial charge in [0.25, 0.3) is 0 Å². The van der Waals surface area contributed by atoms with Crippen LogP contribution >= 0.6 is 0 Å². The molecule has 1 aliphatic heterocycles. The van der Waals surface area contributed by atoms with E-state index in [0.29, 0.717) is 0 Å². The number of phenols is 1. The highest BCUT2D eigenvalue weighted by Crippen LogP contribution is 2.51. The van der Waals surface area contributed by atoms with Gasteiger partial charge in [0.2, 0.25) is 9.79 Å². The molecule has 8 heteroatoms. The first kappa shape index (κ1) is 14.6. The monoisotopic (exact) mass is 329 g/mol. The molecule has 4 nitrogen and oxygen atoms in total. The maximum atomic E-state index is 13.4. The Balaban J connectivity index is 2.26. The average molecular weight is 329 g/mol. The van der Waals surface area contributed by atoms with Gasteiger partial charge < -0.3 is 14.9 Å². The first-order chi connectivity index (χ1) is 10.3. The van der Waals surface area contributed by atoms with E-state index in [2.05, 4.69) is 0 Å². The van der Waals surface area contributed by atoms with Crippen LogP contribution in [0.5, 0.6) is 17.2 Å².